The normalized spacial score (nSPS) is 11.4. The molecule has 0 unspecified atom stereocenters. The zero-order valence-corrected chi connectivity index (χ0v) is 18.8. The fourth-order valence-corrected chi connectivity index (χ4v) is 2.82. The molecule has 6 nitrogen and oxygen atoms in total. The Morgan fingerprint density at radius 3 is 2.32 bits per heavy atom. The second kappa shape index (κ2) is 10.6. The monoisotopic (exact) mass is 575 g/mol. The van der Waals surface area contributed by atoms with Crippen LogP contribution in [0, 0.1) is 0 Å². The summed E-state index contributed by atoms with van der Waals surface area (Å²) in [5.41, 5.74) is 7.11. The lowest BCUT2D eigenvalue weighted by atomic mass is 10.2. The largest absolute Gasteiger partial charge is 0.573 e. The van der Waals surface area contributed by atoms with Crippen LogP contribution in [-0.2, 0) is 6.54 Å². The molecule has 0 saturated heterocycles. The zero-order chi connectivity index (χ0) is 20.0. The van der Waals surface area contributed by atoms with E-state index in [-0.39, 0.29) is 42.2 Å². The average molecular weight is 576 g/mol. The van der Waals surface area contributed by atoms with Gasteiger partial charge in [-0.05, 0) is 57.9 Å². The van der Waals surface area contributed by atoms with E-state index in [4.69, 9.17) is 15.2 Å². The number of hydrogen-bond acceptors (Lipinski definition) is 4. The van der Waals surface area contributed by atoms with Gasteiger partial charge in [-0.2, -0.15) is 0 Å². The molecule has 2 rings (SSSR count). The number of ether oxygens (including phenoxy) is 3. The summed E-state index contributed by atoms with van der Waals surface area (Å²) in [6.45, 7) is 0.257. The van der Waals surface area contributed by atoms with E-state index in [1.54, 1.807) is 6.07 Å². The van der Waals surface area contributed by atoms with Gasteiger partial charge in [0.25, 0.3) is 0 Å². The maximum Gasteiger partial charge on any atom is 0.573 e. The molecule has 0 aliphatic rings. The number of benzene rings is 2. The standard InChI is InChI=1S/C17H17BrF3N3O3.HI/c1-25-14-8-10(7-13(18)15(14)26-2)9-23-16(22)24-11-3-5-12(6-4-11)27-17(19,20)21;/h3-8H,9H2,1-2H3,(H3,22,23,24);1H. The molecule has 0 aliphatic heterocycles. The minimum atomic E-state index is -4.73. The maximum atomic E-state index is 12.1. The molecule has 3 N–H and O–H groups in total. The second-order valence-electron chi connectivity index (χ2n) is 5.21. The summed E-state index contributed by atoms with van der Waals surface area (Å²) in [6.07, 6.45) is -4.73. The van der Waals surface area contributed by atoms with Crippen LogP contribution in [0.4, 0.5) is 18.9 Å². The second-order valence-corrected chi connectivity index (χ2v) is 6.07. The van der Waals surface area contributed by atoms with Crippen molar-refractivity contribution in [1.82, 2.24) is 0 Å². The molecule has 0 aromatic heterocycles. The molecule has 2 aromatic rings. The lowest BCUT2D eigenvalue weighted by Crippen LogP contribution is -2.22. The molecule has 0 aliphatic carbocycles. The molecule has 0 bridgehead atoms. The number of alkyl halides is 3. The summed E-state index contributed by atoms with van der Waals surface area (Å²) in [5, 5.41) is 2.79. The quantitative estimate of drug-likeness (QED) is 0.291. The number of hydrogen-bond donors (Lipinski definition) is 2. The molecule has 0 saturated carbocycles. The Kier molecular flexibility index (Phi) is 9.14. The van der Waals surface area contributed by atoms with Crippen molar-refractivity contribution in [2.24, 2.45) is 10.7 Å². The van der Waals surface area contributed by atoms with Crippen LogP contribution in [0.5, 0.6) is 17.2 Å². The van der Waals surface area contributed by atoms with E-state index in [1.807, 2.05) is 6.07 Å². The summed E-state index contributed by atoms with van der Waals surface area (Å²) < 4.78 is 51.5. The summed E-state index contributed by atoms with van der Waals surface area (Å²) in [7, 11) is 3.06. The van der Waals surface area contributed by atoms with Crippen molar-refractivity contribution in [2.45, 2.75) is 12.9 Å². The Bertz CT molecular complexity index is 818. The van der Waals surface area contributed by atoms with Crippen molar-refractivity contribution in [3.8, 4) is 17.2 Å². The first-order valence-corrected chi connectivity index (χ1v) is 8.34. The number of methoxy groups -OCH3 is 2. The molecule has 0 heterocycles. The first-order chi connectivity index (χ1) is 12.7. The van der Waals surface area contributed by atoms with E-state index < -0.39 is 6.36 Å². The van der Waals surface area contributed by atoms with Crippen LogP contribution < -0.4 is 25.3 Å². The molecule has 154 valence electrons. The first-order valence-electron chi connectivity index (χ1n) is 7.55. The summed E-state index contributed by atoms with van der Waals surface area (Å²) in [5.74, 6) is 0.894. The number of nitrogens with one attached hydrogen (secondary N) is 1. The van der Waals surface area contributed by atoms with Crippen LogP contribution in [0.3, 0.4) is 0 Å². The average Bonchev–Trinajstić information content (AvgIpc) is 2.60. The van der Waals surface area contributed by atoms with Crippen LogP contribution in [-0.4, -0.2) is 26.5 Å². The van der Waals surface area contributed by atoms with Gasteiger partial charge < -0.3 is 25.3 Å². The van der Waals surface area contributed by atoms with Gasteiger partial charge in [0.2, 0.25) is 0 Å². The van der Waals surface area contributed by atoms with Crippen LogP contribution in [0.15, 0.2) is 45.9 Å². The molecule has 0 amide bonds. The fraction of sp³-hybridized carbons (Fsp3) is 0.235. The fourth-order valence-electron chi connectivity index (χ4n) is 2.17. The smallest absolute Gasteiger partial charge is 0.493 e. The summed E-state index contributed by atoms with van der Waals surface area (Å²) in [6, 6.07) is 8.74. The molecule has 2 aromatic carbocycles. The van der Waals surface area contributed by atoms with Gasteiger partial charge in [0, 0.05) is 5.69 Å². The Labute approximate surface area is 185 Å². The Morgan fingerprint density at radius 1 is 1.14 bits per heavy atom. The molecule has 0 fully saturated rings. The lowest BCUT2D eigenvalue weighted by molar-refractivity contribution is -0.274. The van der Waals surface area contributed by atoms with Crippen molar-refractivity contribution in [2.75, 3.05) is 19.5 Å². The van der Waals surface area contributed by atoms with Crippen molar-refractivity contribution in [3.05, 3.63) is 46.4 Å². The molecule has 0 atom stereocenters. The predicted octanol–water partition coefficient (Wildman–Crippen LogP) is 4.91. The highest BCUT2D eigenvalue weighted by molar-refractivity contribution is 14.0. The Morgan fingerprint density at radius 2 is 1.79 bits per heavy atom. The van der Waals surface area contributed by atoms with Crippen LogP contribution in [0.2, 0.25) is 0 Å². The molecular formula is C17H18BrF3IN3O3. The Hall–Kier alpha value is -1.89. The number of anilines is 1. The summed E-state index contributed by atoms with van der Waals surface area (Å²) in [4.78, 5) is 4.20. The number of halogens is 5. The van der Waals surface area contributed by atoms with Gasteiger partial charge in [-0.1, -0.05) is 0 Å². The highest BCUT2D eigenvalue weighted by Gasteiger charge is 2.30. The number of nitrogens with zero attached hydrogens (tertiary/aromatic N) is 1. The summed E-state index contributed by atoms with van der Waals surface area (Å²) >= 11 is 3.39. The topological polar surface area (TPSA) is 78.1 Å². The highest BCUT2D eigenvalue weighted by Crippen LogP contribution is 2.36. The van der Waals surface area contributed by atoms with Crippen LogP contribution in [0.1, 0.15) is 5.56 Å². The van der Waals surface area contributed by atoms with Crippen LogP contribution in [0.25, 0.3) is 0 Å². The molecule has 28 heavy (non-hydrogen) atoms. The van der Waals surface area contributed by atoms with Gasteiger partial charge in [-0.3, -0.25) is 0 Å². The molecule has 0 radical (unpaired) electrons. The number of aliphatic imine (C=N–C) groups is 1. The zero-order valence-electron chi connectivity index (χ0n) is 14.8. The first kappa shape index (κ1) is 24.1. The van der Waals surface area contributed by atoms with Crippen LogP contribution >= 0.6 is 39.9 Å². The van der Waals surface area contributed by atoms with E-state index in [9.17, 15) is 13.2 Å². The maximum absolute atomic E-state index is 12.1. The SMILES string of the molecule is COc1cc(CN=C(N)Nc2ccc(OC(F)(F)F)cc2)cc(Br)c1OC.I. The minimum absolute atomic E-state index is 0. The molecule has 11 heteroatoms. The highest BCUT2D eigenvalue weighted by atomic mass is 127. The predicted molar refractivity (Wildman–Crippen MR) is 115 cm³/mol. The van der Waals surface area contributed by atoms with Gasteiger partial charge in [-0.15, -0.1) is 37.1 Å². The third-order valence-corrected chi connectivity index (χ3v) is 3.87. The molecular weight excluding hydrogens is 558 g/mol. The minimum Gasteiger partial charge on any atom is -0.493 e. The van der Waals surface area contributed by atoms with E-state index >= 15 is 0 Å². The number of rotatable bonds is 6. The van der Waals surface area contributed by atoms with Gasteiger partial charge >= 0.3 is 6.36 Å². The third-order valence-electron chi connectivity index (χ3n) is 3.29. The van der Waals surface area contributed by atoms with E-state index in [0.717, 1.165) is 5.56 Å². The van der Waals surface area contributed by atoms with E-state index in [1.165, 1.54) is 38.5 Å². The van der Waals surface area contributed by atoms with Crippen molar-refractivity contribution >= 4 is 51.6 Å². The van der Waals surface area contributed by atoms with Crippen molar-refractivity contribution < 1.29 is 27.4 Å². The lowest BCUT2D eigenvalue weighted by Gasteiger charge is -2.12. The Balaban J connectivity index is 0.00000392. The third kappa shape index (κ3) is 7.26. The van der Waals surface area contributed by atoms with Gasteiger partial charge in [0.1, 0.15) is 5.75 Å². The number of nitrogens with two attached hydrogens (primary N) is 1. The van der Waals surface area contributed by atoms with E-state index in [2.05, 4.69) is 31.0 Å². The van der Waals surface area contributed by atoms with Gasteiger partial charge in [-0.25, -0.2) is 4.99 Å². The number of guanidine groups is 1. The van der Waals surface area contributed by atoms with Gasteiger partial charge in [0.15, 0.2) is 17.5 Å². The van der Waals surface area contributed by atoms with E-state index in [0.29, 0.717) is 21.7 Å². The van der Waals surface area contributed by atoms with Crippen molar-refractivity contribution in [3.63, 3.8) is 0 Å². The van der Waals surface area contributed by atoms with Gasteiger partial charge in [0.05, 0.1) is 25.2 Å². The molecule has 0 spiro atoms. The van der Waals surface area contributed by atoms with Crippen molar-refractivity contribution in [1.29, 1.82) is 0 Å².